The number of rotatable bonds is 16. The van der Waals surface area contributed by atoms with Crippen LogP contribution in [0.25, 0.3) is 0 Å². The Balaban J connectivity index is 1.55. The molecule has 72 heavy (non-hydrogen) atoms. The average molecular weight is 1050 g/mol. The minimum atomic E-state index is -5.23. The normalized spacial score (nSPS) is 14.9. The van der Waals surface area contributed by atoms with Gasteiger partial charge in [0.15, 0.2) is 92.0 Å². The van der Waals surface area contributed by atoms with Gasteiger partial charge in [0, 0.05) is 0 Å². The number of phenols is 8. The lowest BCUT2D eigenvalue weighted by molar-refractivity contribution is 0.389. The SMILES string of the molecule is Oc1ccccc1OP1(Oc2ccccc2O)=NP(Oc2ccccc2O)(Oc2ccccc2O)=NP(Oc2ccccc2O)(Oc2ccccc2O)=NP(Oc2ccccc2O)(Oc2ccccc2O)=N1. The highest BCUT2D eigenvalue weighted by Gasteiger charge is 2.51. The molecule has 20 nitrogen and oxygen atoms in total. The van der Waals surface area contributed by atoms with Gasteiger partial charge in [0.25, 0.3) is 0 Å². The van der Waals surface area contributed by atoms with Crippen LogP contribution in [0.2, 0.25) is 0 Å². The summed E-state index contributed by atoms with van der Waals surface area (Å²) in [6.45, 7) is 0. The Bertz CT molecular complexity index is 2860. The van der Waals surface area contributed by atoms with Gasteiger partial charge in [-0.25, -0.2) is 0 Å². The Kier molecular flexibility index (Phi) is 13.8. The van der Waals surface area contributed by atoms with Crippen molar-refractivity contribution in [3.8, 4) is 92.0 Å². The van der Waals surface area contributed by atoms with E-state index in [0.717, 1.165) is 0 Å². The molecule has 0 atom stereocenters. The van der Waals surface area contributed by atoms with Crippen molar-refractivity contribution < 1.29 is 77.0 Å². The number of aromatic hydroxyl groups is 8. The van der Waals surface area contributed by atoms with Crippen molar-refractivity contribution >= 4 is 30.6 Å². The third kappa shape index (κ3) is 10.9. The summed E-state index contributed by atoms with van der Waals surface area (Å²) in [6, 6.07) is 44.4. The summed E-state index contributed by atoms with van der Waals surface area (Å²) in [5.74, 6) is -7.08. The standard InChI is InChI=1S/C48H40N4O16P4/c53-33-17-1-9-25-41(33)61-69(62-42-26-10-2-18-34(42)54)49-70(63-43-27-11-3-19-35(43)55,64-44-28-12-4-20-36(44)56)51-72(67-47-31-15-7-23-39(47)59,68-48-32-16-8-24-40(48)60)52-71(50-69,65-45-29-13-5-21-37(45)57)66-46-30-14-6-22-38(46)58/h1-32,53-60H. The average Bonchev–Trinajstić information content (AvgIpc) is 3.35. The van der Waals surface area contributed by atoms with Gasteiger partial charge in [0.1, 0.15) is 0 Å². The molecule has 0 saturated carbocycles. The fourth-order valence-corrected chi connectivity index (χ4v) is 18.5. The predicted molar refractivity (Wildman–Crippen MR) is 267 cm³/mol. The van der Waals surface area contributed by atoms with Gasteiger partial charge in [0.05, 0.1) is 0 Å². The van der Waals surface area contributed by atoms with E-state index in [1.807, 2.05) is 0 Å². The van der Waals surface area contributed by atoms with Crippen LogP contribution in [0.15, 0.2) is 212 Å². The number of hydrogen-bond acceptors (Lipinski definition) is 20. The van der Waals surface area contributed by atoms with E-state index >= 15 is 0 Å². The van der Waals surface area contributed by atoms with E-state index < -0.39 is 76.6 Å². The van der Waals surface area contributed by atoms with Crippen molar-refractivity contribution in [3.05, 3.63) is 194 Å². The van der Waals surface area contributed by atoms with Gasteiger partial charge in [-0.1, -0.05) is 115 Å². The van der Waals surface area contributed by atoms with Crippen LogP contribution in [-0.2, 0) is 0 Å². The number of benzene rings is 8. The molecule has 0 aromatic heterocycles. The van der Waals surface area contributed by atoms with Crippen LogP contribution >= 0.6 is 30.6 Å². The highest BCUT2D eigenvalue weighted by atomic mass is 31.3. The first-order valence-corrected chi connectivity index (χ1v) is 27.2. The molecule has 8 aromatic carbocycles. The van der Waals surface area contributed by atoms with Crippen molar-refractivity contribution in [2.24, 2.45) is 18.1 Å². The number of para-hydroxylation sites is 16. The highest BCUT2D eigenvalue weighted by molar-refractivity contribution is 7.79. The van der Waals surface area contributed by atoms with Gasteiger partial charge in [-0.3, -0.25) is 0 Å². The van der Waals surface area contributed by atoms with Gasteiger partial charge in [-0.15, -0.1) is 0 Å². The zero-order valence-corrected chi connectivity index (χ0v) is 40.5. The van der Waals surface area contributed by atoms with Gasteiger partial charge in [-0.05, 0) is 97.1 Å². The van der Waals surface area contributed by atoms with E-state index in [0.29, 0.717) is 0 Å². The molecule has 0 unspecified atom stereocenters. The molecule has 8 aromatic rings. The van der Waals surface area contributed by atoms with Crippen molar-refractivity contribution in [1.82, 2.24) is 0 Å². The summed E-state index contributed by atoms with van der Waals surface area (Å²) >= 11 is 0. The monoisotopic (exact) mass is 1050 g/mol. The first-order valence-electron chi connectivity index (χ1n) is 21.1. The minimum absolute atomic E-state index is 0.377. The molecular formula is C48H40N4O16P4. The van der Waals surface area contributed by atoms with Crippen LogP contribution in [0.3, 0.4) is 0 Å². The largest absolute Gasteiger partial charge is 0.504 e. The molecule has 1 aliphatic heterocycles. The molecule has 0 bridgehead atoms. The van der Waals surface area contributed by atoms with E-state index in [-0.39, 0.29) is 46.0 Å². The Labute approximate surface area is 410 Å². The van der Waals surface area contributed by atoms with Crippen molar-refractivity contribution in [2.45, 2.75) is 0 Å². The van der Waals surface area contributed by atoms with Crippen LogP contribution in [0.5, 0.6) is 92.0 Å². The number of phenolic OH excluding ortho intramolecular Hbond substituents is 8. The maximum atomic E-state index is 11.4. The van der Waals surface area contributed by atoms with E-state index in [1.54, 1.807) is 0 Å². The molecule has 368 valence electrons. The fraction of sp³-hybridized carbons (Fsp3) is 0. The van der Waals surface area contributed by atoms with Crippen molar-refractivity contribution in [3.63, 3.8) is 0 Å². The Morgan fingerprint density at radius 2 is 0.306 bits per heavy atom. The molecular weight excluding hydrogens is 1010 g/mol. The quantitative estimate of drug-likeness (QED) is 0.0417. The molecule has 0 amide bonds. The van der Waals surface area contributed by atoms with E-state index in [1.165, 1.54) is 194 Å². The fourth-order valence-electron chi connectivity index (χ4n) is 6.31. The second-order valence-electron chi connectivity index (χ2n) is 14.8. The topological polar surface area (TPSA) is 285 Å². The smallest absolute Gasteiger partial charge is 0.461 e. The van der Waals surface area contributed by atoms with Gasteiger partial charge in [-0.2, -0.15) is 0 Å². The second kappa shape index (κ2) is 20.4. The van der Waals surface area contributed by atoms with Crippen LogP contribution in [-0.4, -0.2) is 40.9 Å². The van der Waals surface area contributed by atoms with Crippen molar-refractivity contribution in [1.29, 1.82) is 0 Å². The zero-order chi connectivity index (χ0) is 50.4. The third-order valence-corrected chi connectivity index (χ3v) is 20.3. The van der Waals surface area contributed by atoms with E-state index in [9.17, 15) is 40.9 Å². The molecule has 0 fully saturated rings. The molecule has 0 aliphatic carbocycles. The number of nitrogens with zero attached hydrogens (tertiary/aromatic N) is 4. The first kappa shape index (κ1) is 48.5. The Morgan fingerprint density at radius 3 is 0.417 bits per heavy atom. The minimum Gasteiger partial charge on any atom is -0.504 e. The second-order valence-corrected chi connectivity index (χ2v) is 23.0. The Morgan fingerprint density at radius 1 is 0.194 bits per heavy atom. The zero-order valence-electron chi connectivity index (χ0n) is 36.9. The summed E-state index contributed by atoms with van der Waals surface area (Å²) < 4.78 is 73.9. The summed E-state index contributed by atoms with van der Waals surface area (Å²) in [5.41, 5.74) is 0. The van der Waals surface area contributed by atoms with Crippen LogP contribution in [0.4, 0.5) is 0 Å². The maximum absolute atomic E-state index is 11.4. The van der Waals surface area contributed by atoms with Crippen molar-refractivity contribution in [2.75, 3.05) is 0 Å². The number of hydrogen-bond donors (Lipinski definition) is 8. The Hall–Kier alpha value is -8.52. The maximum Gasteiger partial charge on any atom is 0.461 e. The lowest BCUT2D eigenvalue weighted by Crippen LogP contribution is -2.11. The molecule has 0 spiro atoms. The molecule has 0 saturated heterocycles. The summed E-state index contributed by atoms with van der Waals surface area (Å²) in [5, 5.41) is 91.6. The van der Waals surface area contributed by atoms with E-state index in [4.69, 9.17) is 54.3 Å². The predicted octanol–water partition coefficient (Wildman–Crippen LogP) is 14.1. The van der Waals surface area contributed by atoms with Crippen LogP contribution < -0.4 is 36.2 Å². The van der Waals surface area contributed by atoms with Gasteiger partial charge < -0.3 is 77.0 Å². The molecule has 9 rings (SSSR count). The molecule has 24 heteroatoms. The highest BCUT2D eigenvalue weighted by Crippen LogP contribution is 2.80. The summed E-state index contributed by atoms with van der Waals surface area (Å²) in [7, 11) is -20.9. The first-order chi connectivity index (χ1) is 34.7. The molecule has 8 N–H and O–H groups in total. The van der Waals surface area contributed by atoms with Crippen LogP contribution in [0, 0.1) is 0 Å². The molecule has 1 heterocycles. The van der Waals surface area contributed by atoms with Gasteiger partial charge >= 0.3 is 30.6 Å². The van der Waals surface area contributed by atoms with Gasteiger partial charge in [0.2, 0.25) is 0 Å². The molecule has 1 aliphatic rings. The lowest BCUT2D eigenvalue weighted by atomic mass is 10.3. The summed E-state index contributed by atoms with van der Waals surface area (Å²) in [4.78, 5) is 0. The van der Waals surface area contributed by atoms with Crippen LogP contribution in [0.1, 0.15) is 0 Å². The third-order valence-electron chi connectivity index (χ3n) is 9.56. The lowest BCUT2D eigenvalue weighted by Gasteiger charge is -2.33. The summed E-state index contributed by atoms with van der Waals surface area (Å²) in [6.07, 6.45) is 0. The molecule has 0 radical (unpaired) electrons. The van der Waals surface area contributed by atoms with E-state index in [2.05, 4.69) is 0 Å².